The monoisotopic (exact) mass is 389 g/mol. The van der Waals surface area contributed by atoms with Crippen molar-refractivity contribution in [3.8, 4) is 0 Å². The molecule has 1 fully saturated rings. The summed E-state index contributed by atoms with van der Waals surface area (Å²) in [5.41, 5.74) is 1.88. The van der Waals surface area contributed by atoms with Gasteiger partial charge in [0.15, 0.2) is 0 Å². The SMILES string of the molecule is Cc1ccc(NS(=O)(=O)c2ccc(C(=O)NCC3CNCC3O)cc2)cc1. The Morgan fingerprint density at radius 2 is 1.78 bits per heavy atom. The van der Waals surface area contributed by atoms with E-state index in [9.17, 15) is 18.3 Å². The predicted molar refractivity (Wildman–Crippen MR) is 103 cm³/mol. The van der Waals surface area contributed by atoms with Crippen molar-refractivity contribution >= 4 is 21.6 Å². The van der Waals surface area contributed by atoms with Gasteiger partial charge in [-0.25, -0.2) is 8.42 Å². The number of carbonyl (C=O) groups excluding carboxylic acids is 1. The Balaban J connectivity index is 1.63. The molecule has 1 saturated heterocycles. The highest BCUT2D eigenvalue weighted by Gasteiger charge is 2.25. The van der Waals surface area contributed by atoms with Crippen LogP contribution < -0.4 is 15.4 Å². The number of β-amino-alcohol motifs (C(OH)–C–C–N with tert-alkyl or cyclic N) is 1. The summed E-state index contributed by atoms with van der Waals surface area (Å²) in [7, 11) is -3.72. The smallest absolute Gasteiger partial charge is 0.261 e. The Labute approximate surface area is 158 Å². The lowest BCUT2D eigenvalue weighted by molar-refractivity contribution is 0.0927. The maximum atomic E-state index is 12.5. The number of aryl methyl sites for hydroxylation is 1. The van der Waals surface area contributed by atoms with Crippen molar-refractivity contribution in [2.45, 2.75) is 17.9 Å². The summed E-state index contributed by atoms with van der Waals surface area (Å²) in [4.78, 5) is 12.3. The van der Waals surface area contributed by atoms with Crippen LogP contribution in [-0.4, -0.2) is 45.2 Å². The van der Waals surface area contributed by atoms with E-state index in [1.807, 2.05) is 19.1 Å². The average Bonchev–Trinajstić information content (AvgIpc) is 3.06. The number of benzene rings is 2. The minimum atomic E-state index is -3.72. The first-order valence-electron chi connectivity index (χ1n) is 8.72. The molecule has 4 N–H and O–H groups in total. The number of sulfonamides is 1. The van der Waals surface area contributed by atoms with E-state index in [1.165, 1.54) is 24.3 Å². The minimum Gasteiger partial charge on any atom is -0.391 e. The Hall–Kier alpha value is -2.42. The van der Waals surface area contributed by atoms with E-state index in [0.29, 0.717) is 30.9 Å². The van der Waals surface area contributed by atoms with Crippen LogP contribution in [0, 0.1) is 12.8 Å². The molecule has 0 saturated carbocycles. The molecule has 144 valence electrons. The fourth-order valence-electron chi connectivity index (χ4n) is 2.87. The minimum absolute atomic E-state index is 0.0210. The van der Waals surface area contributed by atoms with Crippen LogP contribution in [0.5, 0.6) is 0 Å². The lowest BCUT2D eigenvalue weighted by Gasteiger charge is -2.14. The van der Waals surface area contributed by atoms with Crippen LogP contribution in [0.15, 0.2) is 53.4 Å². The van der Waals surface area contributed by atoms with E-state index in [-0.39, 0.29) is 16.7 Å². The maximum Gasteiger partial charge on any atom is 0.261 e. The summed E-state index contributed by atoms with van der Waals surface area (Å²) in [5.74, 6) is -0.322. The van der Waals surface area contributed by atoms with Gasteiger partial charge in [-0.15, -0.1) is 0 Å². The zero-order chi connectivity index (χ0) is 19.4. The molecular formula is C19H23N3O4S. The molecule has 2 aromatic carbocycles. The Morgan fingerprint density at radius 1 is 1.11 bits per heavy atom. The Morgan fingerprint density at radius 3 is 2.37 bits per heavy atom. The molecule has 8 heteroatoms. The van der Waals surface area contributed by atoms with Crippen LogP contribution in [0.4, 0.5) is 5.69 Å². The predicted octanol–water partition coefficient (Wildman–Crippen LogP) is 1.11. The molecule has 2 unspecified atom stereocenters. The molecule has 1 amide bonds. The van der Waals surface area contributed by atoms with Crippen LogP contribution in [-0.2, 0) is 10.0 Å². The summed E-state index contributed by atoms with van der Waals surface area (Å²) in [6.45, 7) is 3.47. The first kappa shape index (κ1) is 19.3. The number of aliphatic hydroxyl groups excluding tert-OH is 1. The van der Waals surface area contributed by atoms with Gasteiger partial charge in [-0.3, -0.25) is 9.52 Å². The van der Waals surface area contributed by atoms with E-state index in [4.69, 9.17) is 0 Å². The third-order valence-electron chi connectivity index (χ3n) is 4.56. The van der Waals surface area contributed by atoms with Crippen LogP contribution in [0.1, 0.15) is 15.9 Å². The molecule has 0 radical (unpaired) electrons. The van der Waals surface area contributed by atoms with Crippen LogP contribution in [0.3, 0.4) is 0 Å². The quantitative estimate of drug-likeness (QED) is 0.592. The van der Waals surface area contributed by atoms with Gasteiger partial charge >= 0.3 is 0 Å². The number of carbonyl (C=O) groups is 1. The lowest BCUT2D eigenvalue weighted by Crippen LogP contribution is -2.34. The number of amides is 1. The first-order chi connectivity index (χ1) is 12.8. The topological polar surface area (TPSA) is 108 Å². The molecule has 2 aromatic rings. The highest BCUT2D eigenvalue weighted by Crippen LogP contribution is 2.17. The number of nitrogens with one attached hydrogen (secondary N) is 3. The standard InChI is InChI=1S/C19H23N3O4S/c1-13-2-6-16(7-3-13)22-27(25,26)17-8-4-14(5-9-17)19(24)21-11-15-10-20-12-18(15)23/h2-9,15,18,20,22-23H,10-12H2,1H3,(H,21,24). The highest BCUT2D eigenvalue weighted by molar-refractivity contribution is 7.92. The van der Waals surface area contributed by atoms with Gasteiger partial charge in [0, 0.05) is 36.8 Å². The van der Waals surface area contributed by atoms with Gasteiger partial charge in [0.2, 0.25) is 0 Å². The second-order valence-electron chi connectivity index (χ2n) is 6.69. The summed E-state index contributed by atoms with van der Waals surface area (Å²) in [5, 5.41) is 15.6. The normalized spacial score (nSPS) is 19.6. The van der Waals surface area contributed by atoms with E-state index < -0.39 is 16.1 Å². The van der Waals surface area contributed by atoms with Gasteiger partial charge in [0.1, 0.15) is 0 Å². The molecule has 7 nitrogen and oxygen atoms in total. The van der Waals surface area contributed by atoms with Crippen molar-refractivity contribution < 1.29 is 18.3 Å². The lowest BCUT2D eigenvalue weighted by atomic mass is 10.1. The number of hydrogen-bond donors (Lipinski definition) is 4. The van der Waals surface area contributed by atoms with Crippen molar-refractivity contribution in [3.05, 3.63) is 59.7 Å². The molecule has 0 bridgehead atoms. The molecule has 1 heterocycles. The van der Waals surface area contributed by atoms with Crippen molar-refractivity contribution in [2.24, 2.45) is 5.92 Å². The summed E-state index contributed by atoms with van der Waals surface area (Å²) in [6, 6.07) is 12.8. The molecule has 0 spiro atoms. The molecule has 27 heavy (non-hydrogen) atoms. The Kier molecular flexibility index (Phi) is 5.79. The molecular weight excluding hydrogens is 366 g/mol. The van der Waals surface area contributed by atoms with E-state index in [0.717, 1.165) is 5.56 Å². The maximum absolute atomic E-state index is 12.5. The number of anilines is 1. The second-order valence-corrected chi connectivity index (χ2v) is 8.37. The third-order valence-corrected chi connectivity index (χ3v) is 5.96. The van der Waals surface area contributed by atoms with Crippen LogP contribution >= 0.6 is 0 Å². The van der Waals surface area contributed by atoms with E-state index in [1.54, 1.807) is 12.1 Å². The number of hydrogen-bond acceptors (Lipinski definition) is 5. The molecule has 1 aliphatic heterocycles. The molecule has 0 aromatic heterocycles. The number of aliphatic hydroxyl groups is 1. The van der Waals surface area contributed by atoms with Crippen LogP contribution in [0.25, 0.3) is 0 Å². The highest BCUT2D eigenvalue weighted by atomic mass is 32.2. The third kappa shape index (κ3) is 4.85. The molecule has 0 aliphatic carbocycles. The van der Waals surface area contributed by atoms with E-state index >= 15 is 0 Å². The zero-order valence-corrected chi connectivity index (χ0v) is 15.8. The van der Waals surface area contributed by atoms with Crippen molar-refractivity contribution in [1.82, 2.24) is 10.6 Å². The van der Waals surface area contributed by atoms with Gasteiger partial charge in [-0.2, -0.15) is 0 Å². The van der Waals surface area contributed by atoms with Gasteiger partial charge < -0.3 is 15.7 Å². The summed E-state index contributed by atoms with van der Waals surface area (Å²) >= 11 is 0. The first-order valence-corrected chi connectivity index (χ1v) is 10.2. The van der Waals surface area contributed by atoms with Gasteiger partial charge in [0.05, 0.1) is 11.0 Å². The molecule has 1 aliphatic rings. The van der Waals surface area contributed by atoms with Crippen LogP contribution in [0.2, 0.25) is 0 Å². The number of rotatable bonds is 6. The fourth-order valence-corrected chi connectivity index (χ4v) is 3.93. The van der Waals surface area contributed by atoms with Gasteiger partial charge in [-0.1, -0.05) is 17.7 Å². The van der Waals surface area contributed by atoms with Gasteiger partial charge in [0.25, 0.3) is 15.9 Å². The largest absolute Gasteiger partial charge is 0.391 e. The van der Waals surface area contributed by atoms with Crippen molar-refractivity contribution in [3.63, 3.8) is 0 Å². The zero-order valence-electron chi connectivity index (χ0n) is 15.0. The Bertz CT molecular complexity index is 896. The van der Waals surface area contributed by atoms with E-state index in [2.05, 4.69) is 15.4 Å². The molecule has 2 atom stereocenters. The fraction of sp³-hybridized carbons (Fsp3) is 0.316. The van der Waals surface area contributed by atoms with Crippen molar-refractivity contribution in [1.29, 1.82) is 0 Å². The van der Waals surface area contributed by atoms with Crippen molar-refractivity contribution in [2.75, 3.05) is 24.4 Å². The average molecular weight is 389 g/mol. The summed E-state index contributed by atoms with van der Waals surface area (Å²) < 4.78 is 27.4. The summed E-state index contributed by atoms with van der Waals surface area (Å²) in [6.07, 6.45) is -0.467. The molecule has 3 rings (SSSR count). The second kappa shape index (κ2) is 8.08. The van der Waals surface area contributed by atoms with Gasteiger partial charge in [-0.05, 0) is 43.3 Å².